The van der Waals surface area contributed by atoms with Gasteiger partial charge in [0.05, 0.1) is 12.2 Å². The van der Waals surface area contributed by atoms with Crippen LogP contribution in [0.2, 0.25) is 5.02 Å². The summed E-state index contributed by atoms with van der Waals surface area (Å²) in [6.45, 7) is -0.521. The Morgan fingerprint density at radius 1 is 1.10 bits per heavy atom. The number of esters is 1. The van der Waals surface area contributed by atoms with Gasteiger partial charge in [-0.25, -0.2) is 4.79 Å². The molecular weight excluding hydrogens is 307 g/mol. The van der Waals surface area contributed by atoms with Crippen molar-refractivity contribution in [3.8, 4) is 0 Å². The molecule has 20 heavy (non-hydrogen) atoms. The predicted octanol–water partition coefficient (Wildman–Crippen LogP) is 4.47. The van der Waals surface area contributed by atoms with Gasteiger partial charge in [0.15, 0.2) is 0 Å². The van der Waals surface area contributed by atoms with Crippen molar-refractivity contribution >= 4 is 17.6 Å². The molecule has 0 atom stereocenters. The predicted molar refractivity (Wildman–Crippen MR) is 62.0 cm³/mol. The molecule has 2 nitrogen and oxygen atoms in total. The molecule has 0 aliphatic rings. The van der Waals surface area contributed by atoms with Crippen LogP contribution in [-0.4, -0.2) is 24.7 Å². The van der Waals surface area contributed by atoms with Crippen LogP contribution in [0.25, 0.3) is 0 Å². The Bertz CT molecular complexity index is 456. The van der Waals surface area contributed by atoms with Gasteiger partial charge in [0, 0.05) is 11.4 Å². The first-order valence-electron chi connectivity index (χ1n) is 5.51. The summed E-state index contributed by atoms with van der Waals surface area (Å²) in [4.78, 5) is 11.4. The van der Waals surface area contributed by atoms with Crippen LogP contribution in [0.4, 0.5) is 22.0 Å². The van der Waals surface area contributed by atoms with Gasteiger partial charge in [0.2, 0.25) is 0 Å². The highest BCUT2D eigenvalue weighted by atomic mass is 35.5. The van der Waals surface area contributed by atoms with Gasteiger partial charge in [0.1, 0.15) is 0 Å². The SMILES string of the molecule is O=C(OCCCC(F)(F)C(F)(F)F)c1ccc(Cl)cc1. The van der Waals surface area contributed by atoms with Crippen LogP contribution in [0.1, 0.15) is 23.2 Å². The van der Waals surface area contributed by atoms with Crippen molar-refractivity contribution in [2.45, 2.75) is 24.9 Å². The van der Waals surface area contributed by atoms with E-state index in [9.17, 15) is 26.7 Å². The summed E-state index contributed by atoms with van der Waals surface area (Å²) in [5.74, 6) is -5.59. The van der Waals surface area contributed by atoms with Crippen molar-refractivity contribution in [1.29, 1.82) is 0 Å². The second kappa shape index (κ2) is 6.39. The highest BCUT2D eigenvalue weighted by Gasteiger charge is 2.56. The number of ether oxygens (including phenoxy) is 1. The molecule has 0 saturated heterocycles. The summed E-state index contributed by atoms with van der Waals surface area (Å²) >= 11 is 5.59. The van der Waals surface area contributed by atoms with E-state index in [1.165, 1.54) is 24.3 Å². The zero-order valence-electron chi connectivity index (χ0n) is 10.0. The van der Waals surface area contributed by atoms with Gasteiger partial charge in [-0.3, -0.25) is 0 Å². The number of alkyl halides is 5. The third-order valence-corrected chi connectivity index (χ3v) is 2.61. The molecule has 1 aromatic carbocycles. The topological polar surface area (TPSA) is 26.3 Å². The Labute approximate surface area is 116 Å². The fraction of sp³-hybridized carbons (Fsp3) is 0.417. The van der Waals surface area contributed by atoms with Crippen molar-refractivity contribution in [2.24, 2.45) is 0 Å². The molecule has 0 unspecified atom stereocenters. The Balaban J connectivity index is 2.38. The van der Waals surface area contributed by atoms with E-state index in [1.54, 1.807) is 0 Å². The summed E-state index contributed by atoms with van der Waals surface area (Å²) in [5.41, 5.74) is 0.136. The maximum absolute atomic E-state index is 12.5. The van der Waals surface area contributed by atoms with E-state index < -0.39 is 37.5 Å². The number of rotatable bonds is 5. The van der Waals surface area contributed by atoms with Gasteiger partial charge in [-0.2, -0.15) is 22.0 Å². The van der Waals surface area contributed by atoms with Crippen LogP contribution < -0.4 is 0 Å². The van der Waals surface area contributed by atoms with E-state index in [2.05, 4.69) is 4.74 Å². The molecule has 0 radical (unpaired) electrons. The summed E-state index contributed by atoms with van der Waals surface area (Å²) in [7, 11) is 0. The van der Waals surface area contributed by atoms with Crippen LogP contribution in [-0.2, 0) is 4.74 Å². The lowest BCUT2D eigenvalue weighted by Crippen LogP contribution is -2.36. The standard InChI is InChI=1S/C12H10ClF5O2/c13-9-4-2-8(3-5-9)10(19)20-7-1-6-11(14,15)12(16,17)18/h2-5H,1,6-7H2. The molecule has 112 valence electrons. The van der Waals surface area contributed by atoms with Gasteiger partial charge in [-0.1, -0.05) is 11.6 Å². The van der Waals surface area contributed by atoms with E-state index in [0.29, 0.717) is 5.02 Å². The minimum Gasteiger partial charge on any atom is -0.462 e. The molecule has 0 saturated carbocycles. The van der Waals surface area contributed by atoms with Gasteiger partial charge in [0.25, 0.3) is 0 Å². The van der Waals surface area contributed by atoms with Gasteiger partial charge >= 0.3 is 18.1 Å². The van der Waals surface area contributed by atoms with E-state index in [1.807, 2.05) is 0 Å². The molecule has 0 heterocycles. The number of benzene rings is 1. The molecule has 8 heteroatoms. The zero-order chi connectivity index (χ0) is 15.4. The van der Waals surface area contributed by atoms with Crippen molar-refractivity contribution in [3.05, 3.63) is 34.9 Å². The van der Waals surface area contributed by atoms with Crippen LogP contribution in [0.3, 0.4) is 0 Å². The zero-order valence-corrected chi connectivity index (χ0v) is 10.8. The average molecular weight is 317 g/mol. The smallest absolute Gasteiger partial charge is 0.453 e. The minimum atomic E-state index is -5.59. The highest BCUT2D eigenvalue weighted by molar-refractivity contribution is 6.30. The lowest BCUT2D eigenvalue weighted by Gasteiger charge is -2.19. The number of hydrogen-bond donors (Lipinski definition) is 0. The summed E-state index contributed by atoms with van der Waals surface area (Å²) in [6.07, 6.45) is -7.61. The second-order valence-electron chi connectivity index (χ2n) is 3.95. The Kier molecular flexibility index (Phi) is 5.33. The van der Waals surface area contributed by atoms with E-state index >= 15 is 0 Å². The molecule has 0 bridgehead atoms. The molecular formula is C12H10ClF5O2. The fourth-order valence-corrected chi connectivity index (χ4v) is 1.40. The Hall–Kier alpha value is -1.37. The number of carbonyl (C=O) groups is 1. The molecule has 0 aliphatic carbocycles. The summed E-state index contributed by atoms with van der Waals surface area (Å²) in [5, 5.41) is 0.395. The van der Waals surface area contributed by atoms with Gasteiger partial charge < -0.3 is 4.74 Å². The lowest BCUT2D eigenvalue weighted by molar-refractivity contribution is -0.284. The molecule has 1 aromatic rings. The molecule has 0 aromatic heterocycles. The first-order valence-corrected chi connectivity index (χ1v) is 5.88. The summed E-state index contributed by atoms with van der Waals surface area (Å²) in [6, 6.07) is 5.57. The maximum atomic E-state index is 12.5. The van der Waals surface area contributed by atoms with Crippen molar-refractivity contribution in [2.75, 3.05) is 6.61 Å². The first-order chi connectivity index (χ1) is 9.13. The molecule has 0 aliphatic heterocycles. The van der Waals surface area contributed by atoms with Gasteiger partial charge in [-0.05, 0) is 30.7 Å². The summed E-state index contributed by atoms with van der Waals surface area (Å²) < 4.78 is 65.2. The highest BCUT2D eigenvalue weighted by Crippen LogP contribution is 2.38. The lowest BCUT2D eigenvalue weighted by atomic mass is 10.2. The number of hydrogen-bond acceptors (Lipinski definition) is 2. The van der Waals surface area contributed by atoms with Crippen LogP contribution in [0.15, 0.2) is 24.3 Å². The van der Waals surface area contributed by atoms with Crippen molar-refractivity contribution in [1.82, 2.24) is 0 Å². The monoisotopic (exact) mass is 316 g/mol. The molecule has 0 amide bonds. The average Bonchev–Trinajstić information content (AvgIpc) is 2.34. The molecule has 0 spiro atoms. The fourth-order valence-electron chi connectivity index (χ4n) is 1.27. The quantitative estimate of drug-likeness (QED) is 0.455. The molecule has 1 rings (SSSR count). The second-order valence-corrected chi connectivity index (χ2v) is 4.39. The largest absolute Gasteiger partial charge is 0.462 e. The normalized spacial score (nSPS) is 12.3. The Morgan fingerprint density at radius 3 is 2.15 bits per heavy atom. The van der Waals surface area contributed by atoms with Crippen LogP contribution in [0, 0.1) is 0 Å². The van der Waals surface area contributed by atoms with Crippen molar-refractivity contribution in [3.63, 3.8) is 0 Å². The molecule has 0 fully saturated rings. The Morgan fingerprint density at radius 2 is 1.65 bits per heavy atom. The molecule has 0 N–H and O–H groups in total. The van der Waals surface area contributed by atoms with Gasteiger partial charge in [-0.15, -0.1) is 0 Å². The third kappa shape index (κ3) is 4.63. The van der Waals surface area contributed by atoms with E-state index in [4.69, 9.17) is 11.6 Å². The maximum Gasteiger partial charge on any atom is 0.453 e. The minimum absolute atomic E-state index is 0.136. The third-order valence-electron chi connectivity index (χ3n) is 2.36. The van der Waals surface area contributed by atoms with Crippen LogP contribution in [0.5, 0.6) is 0 Å². The van der Waals surface area contributed by atoms with Crippen LogP contribution >= 0.6 is 11.6 Å². The van der Waals surface area contributed by atoms with Crippen molar-refractivity contribution < 1.29 is 31.5 Å². The number of carbonyl (C=O) groups excluding carboxylic acids is 1. The first kappa shape index (κ1) is 16.7. The number of halogens is 6. The van der Waals surface area contributed by atoms with E-state index in [0.717, 1.165) is 0 Å². The van der Waals surface area contributed by atoms with E-state index in [-0.39, 0.29) is 5.56 Å².